The van der Waals surface area contributed by atoms with Gasteiger partial charge in [-0.15, -0.1) is 0 Å². The third kappa shape index (κ3) is 3.70. The maximum Gasteiger partial charge on any atom is 0.127 e. The van der Waals surface area contributed by atoms with Gasteiger partial charge in [-0.1, -0.05) is 40.7 Å². The molecule has 70 valence electrons. The molecule has 0 bridgehead atoms. The van der Waals surface area contributed by atoms with Crippen LogP contribution in [-0.4, -0.2) is 6.54 Å². The zero-order chi connectivity index (χ0) is 9.68. The third-order valence-electron chi connectivity index (χ3n) is 1.59. The van der Waals surface area contributed by atoms with E-state index in [9.17, 15) is 4.39 Å². The second-order valence-electron chi connectivity index (χ2n) is 2.71. The highest BCUT2D eigenvalue weighted by Crippen LogP contribution is 2.06. The van der Waals surface area contributed by atoms with E-state index < -0.39 is 0 Å². The van der Waals surface area contributed by atoms with Crippen LogP contribution in [0.2, 0.25) is 0 Å². The van der Waals surface area contributed by atoms with Crippen LogP contribution >= 0.6 is 15.9 Å². The van der Waals surface area contributed by atoms with Gasteiger partial charge in [-0.05, 0) is 6.07 Å². The molecule has 0 aromatic heterocycles. The smallest absolute Gasteiger partial charge is 0.127 e. The SMILES string of the molecule is C=C(Br)CNCc1ccccc1F. The molecule has 1 nitrogen and oxygen atoms in total. The number of rotatable bonds is 4. The van der Waals surface area contributed by atoms with E-state index in [0.29, 0.717) is 18.7 Å². The Kier molecular flexibility index (Phi) is 4.12. The van der Waals surface area contributed by atoms with Gasteiger partial charge in [0, 0.05) is 23.1 Å². The van der Waals surface area contributed by atoms with Gasteiger partial charge in [0.15, 0.2) is 0 Å². The lowest BCUT2D eigenvalue weighted by Crippen LogP contribution is -2.15. The molecule has 0 fully saturated rings. The molecule has 1 rings (SSSR count). The van der Waals surface area contributed by atoms with E-state index in [1.807, 2.05) is 6.07 Å². The van der Waals surface area contributed by atoms with Crippen LogP contribution in [0.3, 0.4) is 0 Å². The Labute approximate surface area is 85.8 Å². The number of hydrogen-bond donors (Lipinski definition) is 1. The lowest BCUT2D eigenvalue weighted by molar-refractivity contribution is 0.596. The summed E-state index contributed by atoms with van der Waals surface area (Å²) < 4.78 is 13.9. The topological polar surface area (TPSA) is 12.0 Å². The minimum Gasteiger partial charge on any atom is -0.308 e. The second kappa shape index (κ2) is 5.14. The highest BCUT2D eigenvalue weighted by atomic mass is 79.9. The molecule has 3 heteroatoms. The normalized spacial score (nSPS) is 10.0. The number of benzene rings is 1. The van der Waals surface area contributed by atoms with Gasteiger partial charge in [0.2, 0.25) is 0 Å². The summed E-state index contributed by atoms with van der Waals surface area (Å²) in [6.07, 6.45) is 0. The largest absolute Gasteiger partial charge is 0.308 e. The molecule has 0 aliphatic carbocycles. The van der Waals surface area contributed by atoms with E-state index in [4.69, 9.17) is 0 Å². The van der Waals surface area contributed by atoms with Crippen LogP contribution in [0, 0.1) is 5.82 Å². The number of hydrogen-bond acceptors (Lipinski definition) is 1. The molecule has 0 unspecified atom stereocenters. The van der Waals surface area contributed by atoms with Crippen LogP contribution in [0.15, 0.2) is 35.3 Å². The Morgan fingerprint density at radius 1 is 1.46 bits per heavy atom. The Morgan fingerprint density at radius 2 is 2.15 bits per heavy atom. The summed E-state index contributed by atoms with van der Waals surface area (Å²) in [5.74, 6) is -0.171. The highest BCUT2D eigenvalue weighted by Gasteiger charge is 1.98. The lowest BCUT2D eigenvalue weighted by Gasteiger charge is -2.04. The lowest BCUT2D eigenvalue weighted by atomic mass is 10.2. The van der Waals surface area contributed by atoms with Crippen LogP contribution in [0.1, 0.15) is 5.56 Å². The number of nitrogens with one attached hydrogen (secondary N) is 1. The molecule has 0 aliphatic rings. The van der Waals surface area contributed by atoms with Crippen molar-refractivity contribution < 1.29 is 4.39 Å². The first-order valence-electron chi connectivity index (χ1n) is 3.97. The van der Waals surface area contributed by atoms with Gasteiger partial charge < -0.3 is 5.32 Å². The predicted octanol–water partition coefficient (Wildman–Crippen LogP) is 2.82. The van der Waals surface area contributed by atoms with E-state index in [1.165, 1.54) is 6.07 Å². The fraction of sp³-hybridized carbons (Fsp3) is 0.200. The zero-order valence-electron chi connectivity index (χ0n) is 7.19. The van der Waals surface area contributed by atoms with Crippen LogP contribution in [0.25, 0.3) is 0 Å². The Balaban J connectivity index is 2.45. The Bertz CT molecular complexity index is 299. The van der Waals surface area contributed by atoms with Gasteiger partial charge in [0.1, 0.15) is 5.82 Å². The van der Waals surface area contributed by atoms with Gasteiger partial charge in [-0.2, -0.15) is 0 Å². The molecule has 0 amide bonds. The molecule has 0 saturated carbocycles. The first-order valence-corrected chi connectivity index (χ1v) is 4.77. The van der Waals surface area contributed by atoms with Crippen LogP contribution in [0.5, 0.6) is 0 Å². The van der Waals surface area contributed by atoms with E-state index in [2.05, 4.69) is 27.8 Å². The Morgan fingerprint density at radius 3 is 2.77 bits per heavy atom. The molecule has 13 heavy (non-hydrogen) atoms. The summed E-state index contributed by atoms with van der Waals surface area (Å²) in [5, 5.41) is 3.06. The minimum atomic E-state index is -0.171. The average Bonchev–Trinajstić information content (AvgIpc) is 2.08. The van der Waals surface area contributed by atoms with Crippen molar-refractivity contribution in [3.8, 4) is 0 Å². The maximum atomic E-state index is 13.0. The molecule has 0 aliphatic heterocycles. The number of halogens is 2. The standard InChI is InChI=1S/C10H11BrFN/c1-8(11)6-13-7-9-4-2-3-5-10(9)12/h2-5,13H,1,6-7H2. The van der Waals surface area contributed by atoms with Crippen molar-refractivity contribution in [1.29, 1.82) is 0 Å². The molecule has 0 saturated heterocycles. The summed E-state index contributed by atoms with van der Waals surface area (Å²) in [6.45, 7) is 4.84. The molecule has 0 heterocycles. The molecule has 1 N–H and O–H groups in total. The van der Waals surface area contributed by atoms with Crippen molar-refractivity contribution >= 4 is 15.9 Å². The van der Waals surface area contributed by atoms with E-state index >= 15 is 0 Å². The van der Waals surface area contributed by atoms with Crippen LogP contribution in [-0.2, 0) is 6.54 Å². The Hall–Kier alpha value is -0.670. The van der Waals surface area contributed by atoms with Crippen molar-refractivity contribution in [3.05, 3.63) is 46.7 Å². The third-order valence-corrected chi connectivity index (χ3v) is 1.87. The molecule has 1 aromatic carbocycles. The minimum absolute atomic E-state index is 0.171. The van der Waals surface area contributed by atoms with Gasteiger partial charge in [-0.25, -0.2) is 4.39 Å². The maximum absolute atomic E-state index is 13.0. The quantitative estimate of drug-likeness (QED) is 0.858. The average molecular weight is 244 g/mol. The van der Waals surface area contributed by atoms with Crippen molar-refractivity contribution in [2.75, 3.05) is 6.54 Å². The predicted molar refractivity (Wildman–Crippen MR) is 56.2 cm³/mol. The first-order chi connectivity index (χ1) is 6.20. The monoisotopic (exact) mass is 243 g/mol. The van der Waals surface area contributed by atoms with Gasteiger partial charge in [-0.3, -0.25) is 0 Å². The first kappa shape index (κ1) is 10.4. The summed E-state index contributed by atoms with van der Waals surface area (Å²) >= 11 is 3.22. The van der Waals surface area contributed by atoms with Gasteiger partial charge >= 0.3 is 0 Å². The highest BCUT2D eigenvalue weighted by molar-refractivity contribution is 9.11. The van der Waals surface area contributed by atoms with Crippen molar-refractivity contribution in [2.45, 2.75) is 6.54 Å². The summed E-state index contributed by atoms with van der Waals surface area (Å²) in [5.41, 5.74) is 0.677. The molecular weight excluding hydrogens is 233 g/mol. The zero-order valence-corrected chi connectivity index (χ0v) is 8.77. The molecule has 1 aromatic rings. The van der Waals surface area contributed by atoms with Gasteiger partial charge in [0.05, 0.1) is 0 Å². The molecular formula is C10H11BrFN. The van der Waals surface area contributed by atoms with Crippen molar-refractivity contribution in [1.82, 2.24) is 5.32 Å². The van der Waals surface area contributed by atoms with Crippen LogP contribution in [0.4, 0.5) is 4.39 Å². The summed E-state index contributed by atoms with van der Waals surface area (Å²) in [7, 11) is 0. The van der Waals surface area contributed by atoms with Crippen LogP contribution < -0.4 is 5.32 Å². The summed E-state index contributed by atoms with van der Waals surface area (Å²) in [4.78, 5) is 0. The molecule has 0 atom stereocenters. The fourth-order valence-electron chi connectivity index (χ4n) is 0.975. The molecule has 0 radical (unpaired) electrons. The van der Waals surface area contributed by atoms with E-state index in [-0.39, 0.29) is 5.82 Å². The fourth-order valence-corrected chi connectivity index (χ4v) is 1.17. The van der Waals surface area contributed by atoms with E-state index in [0.717, 1.165) is 4.48 Å². The van der Waals surface area contributed by atoms with Gasteiger partial charge in [0.25, 0.3) is 0 Å². The second-order valence-corrected chi connectivity index (χ2v) is 3.83. The molecule has 0 spiro atoms. The van der Waals surface area contributed by atoms with E-state index in [1.54, 1.807) is 12.1 Å². The van der Waals surface area contributed by atoms with Crippen molar-refractivity contribution in [2.24, 2.45) is 0 Å². The summed E-state index contributed by atoms with van der Waals surface area (Å²) in [6, 6.07) is 6.73. The van der Waals surface area contributed by atoms with Crippen molar-refractivity contribution in [3.63, 3.8) is 0 Å².